The quantitative estimate of drug-likeness (QED) is 0.533. The molecule has 6 aliphatic rings. The van der Waals surface area contributed by atoms with E-state index in [0.717, 1.165) is 31.3 Å². The molecule has 0 aromatic heterocycles. The Labute approximate surface area is 191 Å². The lowest BCUT2D eigenvalue weighted by Gasteiger charge is -2.63. The molecule has 1 unspecified atom stereocenters. The highest BCUT2D eigenvalue weighted by Crippen LogP contribution is 2.74. The minimum atomic E-state index is -1.68. The van der Waals surface area contributed by atoms with Crippen LogP contribution in [0.25, 0.3) is 0 Å². The van der Waals surface area contributed by atoms with Crippen molar-refractivity contribution in [2.24, 2.45) is 28.6 Å². The first-order chi connectivity index (χ1) is 15.3. The summed E-state index contributed by atoms with van der Waals surface area (Å²) in [6.07, 6.45) is 8.85. The number of fused-ring (bicyclic) bond motifs is 7. The first-order valence-corrected chi connectivity index (χ1v) is 12.5. The van der Waals surface area contributed by atoms with E-state index < -0.39 is 34.0 Å². The van der Waals surface area contributed by atoms with Gasteiger partial charge in [0.25, 0.3) is 0 Å². The summed E-state index contributed by atoms with van der Waals surface area (Å²) in [5.41, 5.74) is -2.49. The summed E-state index contributed by atoms with van der Waals surface area (Å²) < 4.78 is 41.4. The van der Waals surface area contributed by atoms with Crippen molar-refractivity contribution in [1.82, 2.24) is 0 Å². The van der Waals surface area contributed by atoms with E-state index in [4.69, 9.17) is 18.9 Å². The molecule has 9 atom stereocenters. The zero-order valence-electron chi connectivity index (χ0n) is 20.2. The van der Waals surface area contributed by atoms with Gasteiger partial charge in [-0.05, 0) is 50.9 Å². The third-order valence-electron chi connectivity index (χ3n) is 10.0. The summed E-state index contributed by atoms with van der Waals surface area (Å²) in [7, 11) is 0. The lowest BCUT2D eigenvalue weighted by atomic mass is 9.44. The highest BCUT2D eigenvalue weighted by molar-refractivity contribution is 5.38. The number of aliphatic hydroxyl groups is 1. The van der Waals surface area contributed by atoms with Crippen molar-refractivity contribution in [3.8, 4) is 0 Å². The van der Waals surface area contributed by atoms with Crippen LogP contribution in [0.5, 0.6) is 0 Å². The van der Waals surface area contributed by atoms with Gasteiger partial charge in [-0.2, -0.15) is 0 Å². The lowest BCUT2D eigenvalue weighted by molar-refractivity contribution is -0.277. The van der Waals surface area contributed by atoms with Crippen LogP contribution in [0.3, 0.4) is 0 Å². The summed E-state index contributed by atoms with van der Waals surface area (Å²) in [6.45, 7) is 11.0. The van der Waals surface area contributed by atoms with Gasteiger partial charge in [-0.25, -0.2) is 4.39 Å². The maximum Gasteiger partial charge on any atom is 0.227 e. The van der Waals surface area contributed by atoms with Crippen molar-refractivity contribution >= 4 is 0 Å². The van der Waals surface area contributed by atoms with Gasteiger partial charge in [-0.3, -0.25) is 0 Å². The predicted octanol–water partition coefficient (Wildman–Crippen LogP) is 4.89. The fourth-order valence-corrected chi connectivity index (χ4v) is 8.87. The maximum absolute atomic E-state index is 17.2. The van der Waals surface area contributed by atoms with Crippen molar-refractivity contribution in [2.75, 3.05) is 20.2 Å². The molecule has 6 heteroatoms. The zero-order chi connectivity index (χ0) is 23.0. The molecule has 0 aromatic carbocycles. The van der Waals surface area contributed by atoms with Crippen LogP contribution >= 0.6 is 0 Å². The van der Waals surface area contributed by atoms with E-state index in [0.29, 0.717) is 13.0 Å². The van der Waals surface area contributed by atoms with E-state index in [-0.39, 0.29) is 31.3 Å². The minimum Gasteiger partial charge on any atom is -0.390 e. The van der Waals surface area contributed by atoms with Gasteiger partial charge in [-0.15, -0.1) is 0 Å². The number of alkyl halides is 1. The molecule has 0 amide bonds. The van der Waals surface area contributed by atoms with Crippen LogP contribution in [-0.4, -0.2) is 48.5 Å². The van der Waals surface area contributed by atoms with E-state index in [9.17, 15) is 5.11 Å². The molecule has 2 aliphatic heterocycles. The number of hydrogen-bond acceptors (Lipinski definition) is 5. The van der Waals surface area contributed by atoms with Gasteiger partial charge in [0, 0.05) is 16.7 Å². The molecule has 180 valence electrons. The molecule has 2 heterocycles. The fourth-order valence-electron chi connectivity index (χ4n) is 8.87. The van der Waals surface area contributed by atoms with Crippen LogP contribution in [0.4, 0.5) is 4.39 Å². The predicted molar refractivity (Wildman–Crippen MR) is 118 cm³/mol. The van der Waals surface area contributed by atoms with Crippen LogP contribution in [-0.2, 0) is 18.9 Å². The average Bonchev–Trinajstić information content (AvgIpc) is 3.46. The first kappa shape index (κ1) is 23.0. The highest BCUT2D eigenvalue weighted by Gasteiger charge is 2.81. The molecule has 0 aromatic rings. The molecular weight excluding hydrogens is 411 g/mol. The Bertz CT molecular complexity index is 816. The van der Waals surface area contributed by atoms with Gasteiger partial charge in [-0.1, -0.05) is 51.5 Å². The van der Waals surface area contributed by atoms with Gasteiger partial charge in [0.05, 0.1) is 6.10 Å². The second kappa shape index (κ2) is 7.35. The highest BCUT2D eigenvalue weighted by atomic mass is 19.1. The van der Waals surface area contributed by atoms with Crippen LogP contribution < -0.4 is 0 Å². The van der Waals surface area contributed by atoms with Crippen LogP contribution in [0, 0.1) is 28.6 Å². The topological polar surface area (TPSA) is 57.2 Å². The minimum absolute atomic E-state index is 0.0809. The molecule has 1 N–H and O–H groups in total. The second-order valence-corrected chi connectivity index (χ2v) is 10.9. The van der Waals surface area contributed by atoms with E-state index in [1.54, 1.807) is 0 Å². The zero-order valence-corrected chi connectivity index (χ0v) is 20.2. The molecule has 0 bridgehead atoms. The van der Waals surface area contributed by atoms with Crippen molar-refractivity contribution in [3.63, 3.8) is 0 Å². The Hall–Kier alpha value is -0.790. The molecule has 0 radical (unpaired) electrons. The second-order valence-electron chi connectivity index (χ2n) is 10.9. The summed E-state index contributed by atoms with van der Waals surface area (Å²) in [5, 5.41) is 11.5. The Morgan fingerprint density at radius 3 is 2.56 bits per heavy atom. The van der Waals surface area contributed by atoms with Crippen molar-refractivity contribution < 1.29 is 28.4 Å². The molecule has 2 saturated heterocycles. The average molecular weight is 451 g/mol. The normalized spacial score (nSPS) is 55.8. The third kappa shape index (κ3) is 2.36. The molecule has 5 fully saturated rings. The Morgan fingerprint density at radius 1 is 1.09 bits per heavy atom. The van der Waals surface area contributed by atoms with Gasteiger partial charge in [0.2, 0.25) is 5.79 Å². The van der Waals surface area contributed by atoms with E-state index in [1.165, 1.54) is 0 Å². The molecule has 5 nitrogen and oxygen atoms in total. The summed E-state index contributed by atoms with van der Waals surface area (Å²) >= 11 is 0. The summed E-state index contributed by atoms with van der Waals surface area (Å²) in [5.74, 6) is -1.02. The standard InChI is InChI=1S/C24H33FO5.C2H6/c1-15-10-18-17-8-7-16-6-4-5-9-20(16,2)23(17,25)19(26)11-21(18,3)24(15)22(29-14-30-24)12-27-13-28-22;1-2/h5-6,9,15,17-19,26H,4,7-8,10-14H2,1-3H3;1-2H3/t15-,17-,18-,19-,20-,21-,22?,23-,24+;/m0./s1. The SMILES string of the molecule is CC.C[C@H]1C[C@H]2[C@@H]3CCC4=CCC=C[C@]4(C)[C@@]3(F)[C@@H](O)C[C@]2(C)[C@]12OCOC21COCO1. The van der Waals surface area contributed by atoms with Gasteiger partial charge >= 0.3 is 0 Å². The maximum atomic E-state index is 17.2. The molecule has 2 spiro atoms. The van der Waals surface area contributed by atoms with Gasteiger partial charge in [0.1, 0.15) is 12.2 Å². The number of ether oxygens (including phenoxy) is 4. The number of aliphatic hydroxyl groups excluding tert-OH is 1. The third-order valence-corrected chi connectivity index (χ3v) is 10.0. The largest absolute Gasteiger partial charge is 0.390 e. The first-order valence-electron chi connectivity index (χ1n) is 12.5. The Kier molecular flexibility index (Phi) is 5.28. The molecule has 6 rings (SSSR count). The van der Waals surface area contributed by atoms with E-state index in [2.05, 4.69) is 26.0 Å². The van der Waals surface area contributed by atoms with Crippen molar-refractivity contribution in [3.05, 3.63) is 23.8 Å². The molecule has 32 heavy (non-hydrogen) atoms. The van der Waals surface area contributed by atoms with Crippen molar-refractivity contribution in [2.45, 2.75) is 89.9 Å². The number of rotatable bonds is 0. The lowest BCUT2D eigenvalue weighted by Crippen LogP contribution is -2.71. The number of hydrogen-bond donors (Lipinski definition) is 1. The number of halogens is 1. The van der Waals surface area contributed by atoms with Crippen LogP contribution in [0.1, 0.15) is 66.7 Å². The smallest absolute Gasteiger partial charge is 0.227 e. The summed E-state index contributed by atoms with van der Waals surface area (Å²) in [4.78, 5) is 0. The number of allylic oxidation sites excluding steroid dienone is 4. The Morgan fingerprint density at radius 2 is 1.84 bits per heavy atom. The van der Waals surface area contributed by atoms with Crippen LogP contribution in [0.2, 0.25) is 0 Å². The summed E-state index contributed by atoms with van der Waals surface area (Å²) in [6, 6.07) is 0. The van der Waals surface area contributed by atoms with Crippen LogP contribution in [0.15, 0.2) is 23.8 Å². The monoisotopic (exact) mass is 450 g/mol. The van der Waals surface area contributed by atoms with E-state index >= 15 is 4.39 Å². The van der Waals surface area contributed by atoms with Gasteiger partial charge < -0.3 is 24.1 Å². The molecule has 4 aliphatic carbocycles. The van der Waals surface area contributed by atoms with Gasteiger partial charge in [0.15, 0.2) is 19.3 Å². The molecular formula is C26H39FO5. The fraction of sp³-hybridized carbons (Fsp3) is 0.846. The van der Waals surface area contributed by atoms with E-state index in [1.807, 2.05) is 26.8 Å². The van der Waals surface area contributed by atoms with Crippen molar-refractivity contribution in [1.29, 1.82) is 0 Å². The molecule has 3 saturated carbocycles. The Balaban J connectivity index is 0.00000105.